The molecule has 1 aliphatic carbocycles. The molecule has 1 aliphatic heterocycles. The number of halogens is 6. The minimum Gasteiger partial charge on any atom is -0.475 e. The minimum absolute atomic E-state index is 0.360. The molecule has 0 bridgehead atoms. The van der Waals surface area contributed by atoms with Crippen molar-refractivity contribution in [2.24, 2.45) is 0 Å². The number of hydrogen-bond donors (Lipinski definition) is 2. The van der Waals surface area contributed by atoms with Gasteiger partial charge in [0.05, 0.1) is 11.1 Å². The molecule has 190 valence electrons. The molecule has 0 unspecified atom stereocenters. The van der Waals surface area contributed by atoms with Crippen LogP contribution in [0.4, 0.5) is 32.0 Å². The molecule has 11 heteroatoms. The largest absolute Gasteiger partial charge is 0.490 e. The van der Waals surface area contributed by atoms with Gasteiger partial charge in [-0.2, -0.15) is 26.3 Å². The monoisotopic (exact) mass is 502 g/mol. The number of hydrogen-bond acceptors (Lipinski definition) is 3. The second-order valence-corrected chi connectivity index (χ2v) is 8.40. The number of amides is 1. The number of benzene rings is 2. The van der Waals surface area contributed by atoms with Crippen molar-refractivity contribution in [1.82, 2.24) is 4.90 Å². The van der Waals surface area contributed by atoms with Gasteiger partial charge in [0, 0.05) is 24.8 Å². The molecule has 0 aromatic heterocycles. The van der Waals surface area contributed by atoms with Gasteiger partial charge < -0.3 is 10.4 Å². The number of carboxylic acid groups (broad SMARTS) is 1. The van der Waals surface area contributed by atoms with E-state index in [1.165, 1.54) is 48.6 Å². The van der Waals surface area contributed by atoms with E-state index in [1.54, 1.807) is 6.07 Å². The lowest BCUT2D eigenvalue weighted by molar-refractivity contribution is -0.192. The highest BCUT2D eigenvalue weighted by Crippen LogP contribution is 2.32. The van der Waals surface area contributed by atoms with Crippen LogP contribution >= 0.6 is 0 Å². The van der Waals surface area contributed by atoms with Crippen molar-refractivity contribution < 1.29 is 41.0 Å². The summed E-state index contributed by atoms with van der Waals surface area (Å²) in [6.45, 7) is 2.04. The number of carbonyl (C=O) groups is 2. The third-order valence-corrected chi connectivity index (χ3v) is 6.11. The van der Waals surface area contributed by atoms with Crippen molar-refractivity contribution in [2.75, 3.05) is 18.4 Å². The molecule has 0 spiro atoms. The molecule has 2 N–H and O–H groups in total. The topological polar surface area (TPSA) is 69.6 Å². The molecule has 1 fully saturated rings. The first-order valence-electron chi connectivity index (χ1n) is 11.0. The Kier molecular flexibility index (Phi) is 8.09. The molecular weight excluding hydrogens is 478 g/mol. The van der Waals surface area contributed by atoms with Crippen LogP contribution in [0.25, 0.3) is 0 Å². The Balaban J connectivity index is 0.000000429. The highest BCUT2D eigenvalue weighted by atomic mass is 19.4. The number of carboxylic acids is 1. The molecule has 1 heterocycles. The Morgan fingerprint density at radius 3 is 2.06 bits per heavy atom. The average molecular weight is 502 g/mol. The number of fused-ring (bicyclic) bond motifs is 1. The lowest BCUT2D eigenvalue weighted by atomic mass is 9.91. The van der Waals surface area contributed by atoms with Crippen LogP contribution in [0.5, 0.6) is 0 Å². The molecule has 0 saturated heterocycles. The fraction of sp³-hybridized carbons (Fsp3) is 0.417. The first kappa shape index (κ1) is 26.5. The van der Waals surface area contributed by atoms with E-state index in [-0.39, 0.29) is 5.56 Å². The van der Waals surface area contributed by atoms with E-state index in [9.17, 15) is 31.1 Å². The van der Waals surface area contributed by atoms with Crippen LogP contribution < -0.4 is 5.32 Å². The Labute approximate surface area is 197 Å². The summed E-state index contributed by atoms with van der Waals surface area (Å²) < 4.78 is 71.2. The lowest BCUT2D eigenvalue weighted by Gasteiger charge is -2.36. The normalized spacial score (nSPS) is 16.7. The van der Waals surface area contributed by atoms with E-state index in [0.717, 1.165) is 32.0 Å². The van der Waals surface area contributed by atoms with Crippen molar-refractivity contribution in [3.8, 4) is 0 Å². The molecule has 35 heavy (non-hydrogen) atoms. The molecule has 4 rings (SSSR count). The molecule has 5 nitrogen and oxygen atoms in total. The average Bonchev–Trinajstić information content (AvgIpc) is 2.94. The molecule has 2 aliphatic rings. The summed E-state index contributed by atoms with van der Waals surface area (Å²) in [6.07, 6.45) is -3.92. The van der Waals surface area contributed by atoms with E-state index in [1.807, 2.05) is 12.1 Å². The number of anilines is 1. The van der Waals surface area contributed by atoms with E-state index in [0.29, 0.717) is 11.7 Å². The quantitative estimate of drug-likeness (QED) is 0.541. The van der Waals surface area contributed by atoms with Crippen LogP contribution in [0.15, 0.2) is 42.5 Å². The van der Waals surface area contributed by atoms with Crippen molar-refractivity contribution in [3.05, 3.63) is 64.7 Å². The molecule has 1 saturated carbocycles. The van der Waals surface area contributed by atoms with Gasteiger partial charge in [0.15, 0.2) is 0 Å². The highest BCUT2D eigenvalue weighted by molar-refractivity contribution is 6.05. The third kappa shape index (κ3) is 6.97. The van der Waals surface area contributed by atoms with Crippen molar-refractivity contribution >= 4 is 17.6 Å². The SMILES string of the molecule is O=C(Nc1ccc2c(c1)CCN(C1CCC1)CC2)c1ccccc1C(F)(F)F.O=C(O)C(F)(F)F. The Morgan fingerprint density at radius 1 is 0.914 bits per heavy atom. The predicted octanol–water partition coefficient (Wildman–Crippen LogP) is 5.54. The van der Waals surface area contributed by atoms with Gasteiger partial charge >= 0.3 is 18.3 Å². The van der Waals surface area contributed by atoms with Crippen molar-refractivity contribution in [3.63, 3.8) is 0 Å². The number of nitrogens with one attached hydrogen (secondary N) is 1. The van der Waals surface area contributed by atoms with Crippen LogP contribution in [0.1, 0.15) is 46.3 Å². The first-order chi connectivity index (χ1) is 16.4. The summed E-state index contributed by atoms with van der Waals surface area (Å²) in [5.74, 6) is -3.50. The van der Waals surface area contributed by atoms with Gasteiger partial charge in [-0.1, -0.05) is 24.6 Å². The number of alkyl halides is 6. The molecule has 2 aromatic carbocycles. The third-order valence-electron chi connectivity index (χ3n) is 6.11. The summed E-state index contributed by atoms with van der Waals surface area (Å²) in [5.41, 5.74) is 1.69. The zero-order valence-corrected chi connectivity index (χ0v) is 18.5. The summed E-state index contributed by atoms with van der Waals surface area (Å²) in [6, 6.07) is 11.3. The van der Waals surface area contributed by atoms with Crippen molar-refractivity contribution in [1.29, 1.82) is 0 Å². The van der Waals surface area contributed by atoms with Gasteiger partial charge in [-0.25, -0.2) is 4.79 Å². The number of carbonyl (C=O) groups excluding carboxylic acids is 1. The van der Waals surface area contributed by atoms with Crippen LogP contribution in [0.2, 0.25) is 0 Å². The molecule has 0 atom stereocenters. The van der Waals surface area contributed by atoms with E-state index >= 15 is 0 Å². The number of nitrogens with zero attached hydrogens (tertiary/aromatic N) is 1. The van der Waals surface area contributed by atoms with Gasteiger partial charge in [0.25, 0.3) is 5.91 Å². The Hall–Kier alpha value is -3.08. The highest BCUT2D eigenvalue weighted by Gasteiger charge is 2.38. The van der Waals surface area contributed by atoms with Crippen molar-refractivity contribution in [2.45, 2.75) is 50.5 Å². The summed E-state index contributed by atoms with van der Waals surface area (Å²) in [7, 11) is 0. The lowest BCUT2D eigenvalue weighted by Crippen LogP contribution is -2.41. The van der Waals surface area contributed by atoms with E-state index in [4.69, 9.17) is 9.90 Å². The fourth-order valence-corrected chi connectivity index (χ4v) is 4.06. The first-order valence-corrected chi connectivity index (χ1v) is 11.0. The zero-order valence-electron chi connectivity index (χ0n) is 18.5. The summed E-state index contributed by atoms with van der Waals surface area (Å²) >= 11 is 0. The second-order valence-electron chi connectivity index (χ2n) is 8.40. The van der Waals surface area contributed by atoms with E-state index in [2.05, 4.69) is 10.2 Å². The maximum absolute atomic E-state index is 13.2. The smallest absolute Gasteiger partial charge is 0.475 e. The van der Waals surface area contributed by atoms with E-state index < -0.39 is 29.8 Å². The van der Waals surface area contributed by atoms with Gasteiger partial charge in [-0.3, -0.25) is 9.69 Å². The van der Waals surface area contributed by atoms with Crippen LogP contribution in [0.3, 0.4) is 0 Å². The van der Waals surface area contributed by atoms with Gasteiger partial charge in [0.2, 0.25) is 0 Å². The number of rotatable bonds is 3. The number of aliphatic carboxylic acids is 1. The Morgan fingerprint density at radius 2 is 1.51 bits per heavy atom. The second kappa shape index (κ2) is 10.7. The minimum atomic E-state index is -5.08. The van der Waals surface area contributed by atoms with Gasteiger partial charge in [-0.15, -0.1) is 0 Å². The van der Waals surface area contributed by atoms with Crippen LogP contribution in [0, 0.1) is 0 Å². The van der Waals surface area contributed by atoms with Crippen LogP contribution in [-0.4, -0.2) is 47.2 Å². The summed E-state index contributed by atoms with van der Waals surface area (Å²) in [5, 5.41) is 9.77. The standard InChI is InChI=1S/C22H23F3N2O.C2HF3O2/c23-22(24,25)20-7-2-1-6-19(20)21(28)26-17-9-8-15-10-12-27(18-4-3-5-18)13-11-16(15)14-17;3-2(4,5)1(6)7/h1-2,6-9,14,18H,3-5,10-13H2,(H,26,28);(H,6,7). The molecular formula is C24H24F6N2O3. The van der Waals surface area contributed by atoms with Crippen LogP contribution in [-0.2, 0) is 23.8 Å². The summed E-state index contributed by atoms with van der Waals surface area (Å²) in [4.78, 5) is 23.9. The molecule has 0 radical (unpaired) electrons. The molecule has 1 amide bonds. The predicted molar refractivity (Wildman–Crippen MR) is 116 cm³/mol. The maximum atomic E-state index is 13.2. The Bertz CT molecular complexity index is 1060. The molecule has 2 aromatic rings. The fourth-order valence-electron chi connectivity index (χ4n) is 4.06. The van der Waals surface area contributed by atoms with Gasteiger partial charge in [-0.05, 0) is 61.1 Å². The maximum Gasteiger partial charge on any atom is 0.490 e. The zero-order chi connectivity index (χ0) is 25.8. The van der Waals surface area contributed by atoms with Gasteiger partial charge in [0.1, 0.15) is 0 Å².